The highest BCUT2D eigenvalue weighted by Crippen LogP contribution is 2.23. The molecule has 0 aliphatic heterocycles. The molecular weight excluding hydrogens is 159 g/mol. The van der Waals surface area contributed by atoms with Crippen molar-refractivity contribution in [3.05, 3.63) is 18.5 Å². The van der Waals surface area contributed by atoms with E-state index < -0.39 is 6.08 Å². The zero-order valence-corrected chi connectivity index (χ0v) is 6.53. The van der Waals surface area contributed by atoms with Crippen LogP contribution in [0.2, 0.25) is 0 Å². The van der Waals surface area contributed by atoms with Crippen LogP contribution in [-0.2, 0) is 0 Å². The molecule has 1 aliphatic rings. The molecule has 0 bridgehead atoms. The molecule has 4 heteroatoms. The molecule has 64 valence electrons. The highest BCUT2D eigenvalue weighted by atomic mass is 19.1. The van der Waals surface area contributed by atoms with Crippen LogP contribution in [0.15, 0.2) is 12.4 Å². The highest BCUT2D eigenvalue weighted by Gasteiger charge is 2.19. The van der Waals surface area contributed by atoms with Gasteiger partial charge in [-0.25, -0.2) is 9.97 Å². The van der Waals surface area contributed by atoms with Crippen molar-refractivity contribution in [2.45, 2.75) is 25.4 Å². The SMILES string of the molecule is Fc1ncc(OC2CCC2)cn1. The molecule has 0 spiro atoms. The number of nitrogens with zero attached hydrogens (tertiary/aromatic N) is 2. The molecule has 0 atom stereocenters. The van der Waals surface area contributed by atoms with E-state index in [0.29, 0.717) is 11.9 Å². The maximum Gasteiger partial charge on any atom is 0.308 e. The van der Waals surface area contributed by atoms with E-state index >= 15 is 0 Å². The first-order valence-electron chi connectivity index (χ1n) is 3.99. The predicted octanol–water partition coefficient (Wildman–Crippen LogP) is 1.55. The van der Waals surface area contributed by atoms with Gasteiger partial charge < -0.3 is 4.74 Å². The lowest BCUT2D eigenvalue weighted by atomic mass is 9.96. The molecule has 1 heterocycles. The van der Waals surface area contributed by atoms with E-state index in [1.54, 1.807) is 0 Å². The molecule has 2 rings (SSSR count). The van der Waals surface area contributed by atoms with Gasteiger partial charge in [-0.1, -0.05) is 0 Å². The van der Waals surface area contributed by atoms with E-state index in [1.807, 2.05) is 0 Å². The van der Waals surface area contributed by atoms with Crippen molar-refractivity contribution < 1.29 is 9.13 Å². The molecule has 0 N–H and O–H groups in total. The Kier molecular flexibility index (Phi) is 1.89. The van der Waals surface area contributed by atoms with Crippen LogP contribution in [0, 0.1) is 6.08 Å². The molecule has 0 radical (unpaired) electrons. The third-order valence-corrected chi connectivity index (χ3v) is 1.95. The second kappa shape index (κ2) is 3.05. The van der Waals surface area contributed by atoms with Crippen molar-refractivity contribution in [3.8, 4) is 5.75 Å². The fourth-order valence-electron chi connectivity index (χ4n) is 1.04. The summed E-state index contributed by atoms with van der Waals surface area (Å²) in [4.78, 5) is 6.78. The van der Waals surface area contributed by atoms with Crippen LogP contribution in [0.1, 0.15) is 19.3 Å². The maximum absolute atomic E-state index is 12.2. The molecule has 0 unspecified atom stereocenters. The summed E-state index contributed by atoms with van der Waals surface area (Å²) in [5, 5.41) is 0. The Bertz CT molecular complexity index is 258. The summed E-state index contributed by atoms with van der Waals surface area (Å²) >= 11 is 0. The molecule has 1 aliphatic carbocycles. The predicted molar refractivity (Wildman–Crippen MR) is 40.3 cm³/mol. The quantitative estimate of drug-likeness (QED) is 0.628. The molecule has 1 aromatic heterocycles. The zero-order valence-electron chi connectivity index (χ0n) is 6.53. The Labute approximate surface area is 69.6 Å². The van der Waals surface area contributed by atoms with Crippen molar-refractivity contribution in [3.63, 3.8) is 0 Å². The van der Waals surface area contributed by atoms with Crippen molar-refractivity contribution >= 4 is 0 Å². The number of hydrogen-bond donors (Lipinski definition) is 0. The first kappa shape index (κ1) is 7.46. The van der Waals surface area contributed by atoms with E-state index in [0.717, 1.165) is 12.8 Å². The fourth-order valence-corrected chi connectivity index (χ4v) is 1.04. The van der Waals surface area contributed by atoms with E-state index in [2.05, 4.69) is 9.97 Å². The number of ether oxygens (including phenoxy) is 1. The molecule has 0 amide bonds. The molecule has 12 heavy (non-hydrogen) atoms. The van der Waals surface area contributed by atoms with Gasteiger partial charge in [0.25, 0.3) is 0 Å². The van der Waals surface area contributed by atoms with Crippen molar-refractivity contribution in [1.82, 2.24) is 9.97 Å². The Morgan fingerprint density at radius 2 is 2.00 bits per heavy atom. The first-order chi connectivity index (χ1) is 5.84. The first-order valence-corrected chi connectivity index (χ1v) is 3.99. The van der Waals surface area contributed by atoms with E-state index in [-0.39, 0.29) is 0 Å². The largest absolute Gasteiger partial charge is 0.487 e. The lowest BCUT2D eigenvalue weighted by molar-refractivity contribution is 0.119. The molecule has 3 nitrogen and oxygen atoms in total. The second-order valence-electron chi connectivity index (χ2n) is 2.86. The molecule has 1 aromatic rings. The average molecular weight is 168 g/mol. The molecule has 0 aromatic carbocycles. The summed E-state index contributed by atoms with van der Waals surface area (Å²) in [5.41, 5.74) is 0. The van der Waals surface area contributed by atoms with Gasteiger partial charge in [-0.2, -0.15) is 4.39 Å². The van der Waals surface area contributed by atoms with Gasteiger partial charge in [0.05, 0.1) is 18.5 Å². The normalized spacial score (nSPS) is 17.1. The van der Waals surface area contributed by atoms with Crippen LogP contribution in [0.4, 0.5) is 4.39 Å². The molecule has 1 fully saturated rings. The number of aromatic nitrogens is 2. The number of rotatable bonds is 2. The van der Waals surface area contributed by atoms with Crippen LogP contribution in [-0.4, -0.2) is 16.1 Å². The Morgan fingerprint density at radius 3 is 2.50 bits per heavy atom. The molecular formula is C8H9FN2O. The smallest absolute Gasteiger partial charge is 0.308 e. The van der Waals surface area contributed by atoms with Gasteiger partial charge in [-0.3, -0.25) is 0 Å². The van der Waals surface area contributed by atoms with E-state index in [1.165, 1.54) is 18.8 Å². The summed E-state index contributed by atoms with van der Waals surface area (Å²) in [6.07, 6.45) is 5.68. The summed E-state index contributed by atoms with van der Waals surface area (Å²) < 4.78 is 17.7. The lowest BCUT2D eigenvalue weighted by Crippen LogP contribution is -2.24. The molecule has 0 saturated heterocycles. The number of halogens is 1. The Morgan fingerprint density at radius 1 is 1.33 bits per heavy atom. The fraction of sp³-hybridized carbons (Fsp3) is 0.500. The second-order valence-corrected chi connectivity index (χ2v) is 2.86. The monoisotopic (exact) mass is 168 g/mol. The van der Waals surface area contributed by atoms with Gasteiger partial charge >= 0.3 is 6.08 Å². The van der Waals surface area contributed by atoms with Gasteiger partial charge in [0.15, 0.2) is 5.75 Å². The van der Waals surface area contributed by atoms with E-state index in [9.17, 15) is 4.39 Å². The summed E-state index contributed by atoms with van der Waals surface area (Å²) in [6.45, 7) is 0. The standard InChI is InChI=1S/C8H9FN2O/c9-8-10-4-7(5-11-8)12-6-2-1-3-6/h4-6H,1-3H2. The van der Waals surface area contributed by atoms with Gasteiger partial charge in [0.2, 0.25) is 0 Å². The third kappa shape index (κ3) is 1.52. The summed E-state index contributed by atoms with van der Waals surface area (Å²) in [5.74, 6) is 0.557. The van der Waals surface area contributed by atoms with E-state index in [4.69, 9.17) is 4.74 Å². The molecule has 1 saturated carbocycles. The summed E-state index contributed by atoms with van der Waals surface area (Å²) in [6, 6.07) is 0. The van der Waals surface area contributed by atoms with Gasteiger partial charge in [0, 0.05) is 0 Å². The lowest BCUT2D eigenvalue weighted by Gasteiger charge is -2.25. The number of hydrogen-bond acceptors (Lipinski definition) is 3. The van der Waals surface area contributed by atoms with Crippen LogP contribution >= 0.6 is 0 Å². The van der Waals surface area contributed by atoms with Gasteiger partial charge in [-0.15, -0.1) is 0 Å². The minimum Gasteiger partial charge on any atom is -0.487 e. The van der Waals surface area contributed by atoms with Gasteiger partial charge in [0.1, 0.15) is 0 Å². The van der Waals surface area contributed by atoms with Crippen molar-refractivity contribution in [1.29, 1.82) is 0 Å². The maximum atomic E-state index is 12.2. The zero-order chi connectivity index (χ0) is 8.39. The highest BCUT2D eigenvalue weighted by molar-refractivity contribution is 5.11. The minimum absolute atomic E-state index is 0.291. The van der Waals surface area contributed by atoms with Crippen molar-refractivity contribution in [2.24, 2.45) is 0 Å². The van der Waals surface area contributed by atoms with Crippen LogP contribution in [0.3, 0.4) is 0 Å². The topological polar surface area (TPSA) is 35.0 Å². The summed E-state index contributed by atoms with van der Waals surface area (Å²) in [7, 11) is 0. The van der Waals surface area contributed by atoms with Crippen LogP contribution in [0.5, 0.6) is 5.75 Å². The third-order valence-electron chi connectivity index (χ3n) is 1.95. The minimum atomic E-state index is -0.712. The average Bonchev–Trinajstić information content (AvgIpc) is 2.00. The van der Waals surface area contributed by atoms with Gasteiger partial charge in [-0.05, 0) is 19.3 Å². The Hall–Kier alpha value is -1.19. The van der Waals surface area contributed by atoms with Crippen LogP contribution < -0.4 is 4.74 Å². The van der Waals surface area contributed by atoms with Crippen LogP contribution in [0.25, 0.3) is 0 Å². The Balaban J connectivity index is 1.98. The van der Waals surface area contributed by atoms with Crippen molar-refractivity contribution in [2.75, 3.05) is 0 Å².